The van der Waals surface area contributed by atoms with Crippen LogP contribution in [0.3, 0.4) is 0 Å². The van der Waals surface area contributed by atoms with Crippen LogP contribution in [0.2, 0.25) is 0 Å². The fourth-order valence-electron chi connectivity index (χ4n) is 3.64. The Balaban J connectivity index is 1.54. The topological polar surface area (TPSA) is 83.9 Å². The molecule has 2 aliphatic rings. The third-order valence-electron chi connectivity index (χ3n) is 5.22. The molecule has 1 N–H and O–H groups in total. The van der Waals surface area contributed by atoms with Gasteiger partial charge in [-0.3, -0.25) is 14.5 Å². The van der Waals surface area contributed by atoms with Crippen LogP contribution in [0.15, 0.2) is 35.9 Å². The number of rotatable bonds is 6. The van der Waals surface area contributed by atoms with E-state index < -0.39 is 5.97 Å². The van der Waals surface area contributed by atoms with E-state index in [-0.39, 0.29) is 23.0 Å². The van der Waals surface area contributed by atoms with E-state index in [0.29, 0.717) is 18.4 Å². The molecule has 0 unspecified atom stereocenters. The SMILES string of the molecule is O=C1CC(c2ccc(C(=O)O)cc2)CC(=O)C1=CCCCN1CCOCC1. The number of carbonyl (C=O) groups is 3. The molecule has 144 valence electrons. The molecule has 2 fully saturated rings. The fraction of sp³-hybridized carbons (Fsp3) is 0.476. The van der Waals surface area contributed by atoms with Gasteiger partial charge in [-0.05, 0) is 43.0 Å². The first-order chi connectivity index (χ1) is 13.0. The lowest BCUT2D eigenvalue weighted by Gasteiger charge is -2.26. The minimum atomic E-state index is -0.986. The molecule has 0 radical (unpaired) electrons. The van der Waals surface area contributed by atoms with Crippen molar-refractivity contribution in [3.63, 3.8) is 0 Å². The maximum Gasteiger partial charge on any atom is 0.335 e. The van der Waals surface area contributed by atoms with Crippen LogP contribution in [0.5, 0.6) is 0 Å². The zero-order valence-electron chi connectivity index (χ0n) is 15.4. The molecule has 6 nitrogen and oxygen atoms in total. The average molecular weight is 371 g/mol. The number of carboxylic acid groups (broad SMARTS) is 1. The first kappa shape index (κ1) is 19.5. The Bertz CT molecular complexity index is 711. The van der Waals surface area contributed by atoms with Crippen LogP contribution < -0.4 is 0 Å². The molecule has 1 aliphatic carbocycles. The lowest BCUT2D eigenvalue weighted by atomic mass is 9.79. The minimum Gasteiger partial charge on any atom is -0.478 e. The number of ether oxygens (including phenoxy) is 1. The van der Waals surface area contributed by atoms with Gasteiger partial charge in [0.1, 0.15) is 0 Å². The predicted molar refractivity (Wildman–Crippen MR) is 100.0 cm³/mol. The van der Waals surface area contributed by atoms with Gasteiger partial charge in [0.15, 0.2) is 11.6 Å². The maximum absolute atomic E-state index is 12.4. The Labute approximate surface area is 158 Å². The number of hydrogen-bond acceptors (Lipinski definition) is 5. The number of benzene rings is 1. The molecule has 3 rings (SSSR count). The van der Waals surface area contributed by atoms with Gasteiger partial charge < -0.3 is 9.84 Å². The van der Waals surface area contributed by atoms with Crippen molar-refractivity contribution in [3.05, 3.63) is 47.0 Å². The van der Waals surface area contributed by atoms with Crippen molar-refractivity contribution in [2.24, 2.45) is 0 Å². The minimum absolute atomic E-state index is 0.107. The fourth-order valence-corrected chi connectivity index (χ4v) is 3.64. The van der Waals surface area contributed by atoms with Crippen LogP contribution in [0, 0.1) is 0 Å². The highest BCUT2D eigenvalue weighted by atomic mass is 16.5. The first-order valence-corrected chi connectivity index (χ1v) is 9.44. The molecule has 1 aromatic rings. The summed E-state index contributed by atoms with van der Waals surface area (Å²) in [5.74, 6) is -1.37. The molecule has 1 aromatic carbocycles. The molecule has 1 saturated heterocycles. The van der Waals surface area contributed by atoms with E-state index in [9.17, 15) is 14.4 Å². The van der Waals surface area contributed by atoms with Crippen LogP contribution >= 0.6 is 0 Å². The largest absolute Gasteiger partial charge is 0.478 e. The van der Waals surface area contributed by atoms with Gasteiger partial charge in [-0.15, -0.1) is 0 Å². The molecule has 6 heteroatoms. The Hall–Kier alpha value is -2.31. The second-order valence-electron chi connectivity index (χ2n) is 7.09. The van der Waals surface area contributed by atoms with Crippen LogP contribution in [0.25, 0.3) is 0 Å². The van der Waals surface area contributed by atoms with E-state index in [1.807, 2.05) is 0 Å². The molecule has 1 saturated carbocycles. The number of hydrogen-bond donors (Lipinski definition) is 1. The van der Waals surface area contributed by atoms with Crippen molar-refractivity contribution < 1.29 is 24.2 Å². The van der Waals surface area contributed by atoms with Crippen LogP contribution in [0.4, 0.5) is 0 Å². The van der Waals surface area contributed by atoms with Crippen molar-refractivity contribution in [1.82, 2.24) is 4.90 Å². The van der Waals surface area contributed by atoms with Gasteiger partial charge >= 0.3 is 5.97 Å². The summed E-state index contributed by atoms with van der Waals surface area (Å²) in [6.45, 7) is 4.38. The van der Waals surface area contributed by atoms with Crippen molar-refractivity contribution >= 4 is 17.5 Å². The number of morpholine rings is 1. The summed E-state index contributed by atoms with van der Waals surface area (Å²) in [7, 11) is 0. The molecule has 0 atom stereocenters. The van der Waals surface area contributed by atoms with E-state index in [0.717, 1.165) is 51.3 Å². The van der Waals surface area contributed by atoms with Gasteiger partial charge in [0, 0.05) is 25.9 Å². The molecule has 1 heterocycles. The van der Waals surface area contributed by atoms with Gasteiger partial charge in [-0.1, -0.05) is 18.2 Å². The van der Waals surface area contributed by atoms with Crippen LogP contribution in [0.1, 0.15) is 47.5 Å². The Morgan fingerprint density at radius 1 is 1.11 bits per heavy atom. The summed E-state index contributed by atoms with van der Waals surface area (Å²) >= 11 is 0. The Kier molecular flexibility index (Phi) is 6.53. The number of allylic oxidation sites excluding steroid dienone is 2. The number of unbranched alkanes of at least 4 members (excludes halogenated alkanes) is 1. The van der Waals surface area contributed by atoms with E-state index in [1.165, 1.54) is 12.1 Å². The number of nitrogens with zero attached hydrogens (tertiary/aromatic N) is 1. The molecule has 0 aromatic heterocycles. The lowest BCUT2D eigenvalue weighted by molar-refractivity contribution is -0.124. The highest BCUT2D eigenvalue weighted by molar-refractivity contribution is 6.22. The number of aromatic carboxylic acids is 1. The lowest BCUT2D eigenvalue weighted by Crippen LogP contribution is -2.36. The highest BCUT2D eigenvalue weighted by Gasteiger charge is 2.31. The van der Waals surface area contributed by atoms with Crippen molar-refractivity contribution in [2.45, 2.75) is 31.6 Å². The molecular weight excluding hydrogens is 346 g/mol. The summed E-state index contributed by atoms with van der Waals surface area (Å²) in [4.78, 5) is 38.2. The summed E-state index contributed by atoms with van der Waals surface area (Å²) in [6.07, 6.45) is 4.04. The smallest absolute Gasteiger partial charge is 0.335 e. The Morgan fingerprint density at radius 2 is 1.74 bits per heavy atom. The van der Waals surface area contributed by atoms with Crippen LogP contribution in [-0.4, -0.2) is 60.4 Å². The number of carboxylic acids is 1. The van der Waals surface area contributed by atoms with Gasteiger partial charge in [0.05, 0.1) is 24.4 Å². The van der Waals surface area contributed by atoms with Gasteiger partial charge in [0.2, 0.25) is 0 Å². The predicted octanol–water partition coefficient (Wildman–Crippen LogP) is 2.44. The molecule has 0 spiro atoms. The van der Waals surface area contributed by atoms with Gasteiger partial charge in [-0.25, -0.2) is 4.79 Å². The molecule has 1 aliphatic heterocycles. The van der Waals surface area contributed by atoms with E-state index >= 15 is 0 Å². The van der Waals surface area contributed by atoms with Crippen molar-refractivity contribution in [2.75, 3.05) is 32.8 Å². The first-order valence-electron chi connectivity index (χ1n) is 9.44. The van der Waals surface area contributed by atoms with Crippen molar-refractivity contribution in [1.29, 1.82) is 0 Å². The maximum atomic E-state index is 12.4. The normalized spacial score (nSPS) is 21.3. The van der Waals surface area contributed by atoms with Gasteiger partial charge in [-0.2, -0.15) is 0 Å². The summed E-state index contributed by atoms with van der Waals surface area (Å²) < 4.78 is 5.32. The van der Waals surface area contributed by atoms with Crippen LogP contribution in [-0.2, 0) is 14.3 Å². The Morgan fingerprint density at radius 3 is 2.33 bits per heavy atom. The number of carbonyl (C=O) groups excluding carboxylic acids is 2. The standard InChI is InChI=1S/C21H25NO5/c23-19-13-17(15-4-6-16(7-5-15)21(25)26)14-20(24)18(19)3-1-2-8-22-9-11-27-12-10-22/h3-7,17H,1-2,8-14H2,(H,25,26). The molecule has 27 heavy (non-hydrogen) atoms. The highest BCUT2D eigenvalue weighted by Crippen LogP contribution is 2.32. The monoisotopic (exact) mass is 371 g/mol. The summed E-state index contributed by atoms with van der Waals surface area (Å²) in [6, 6.07) is 6.44. The molecule has 0 amide bonds. The second kappa shape index (κ2) is 9.06. The quantitative estimate of drug-likeness (QED) is 0.470. The zero-order valence-corrected chi connectivity index (χ0v) is 15.4. The number of Topliss-reactive ketones (excluding diaryl/α,β-unsaturated/α-hetero) is 2. The summed E-state index contributed by atoms with van der Waals surface area (Å²) in [5.41, 5.74) is 1.39. The number of ketones is 2. The average Bonchev–Trinajstić information content (AvgIpc) is 2.67. The molecular formula is C21H25NO5. The van der Waals surface area contributed by atoms with Crippen molar-refractivity contribution in [3.8, 4) is 0 Å². The zero-order chi connectivity index (χ0) is 19.2. The third-order valence-corrected chi connectivity index (χ3v) is 5.22. The van der Waals surface area contributed by atoms with E-state index in [2.05, 4.69) is 4.90 Å². The third kappa shape index (κ3) is 5.11. The summed E-state index contributed by atoms with van der Waals surface area (Å²) in [5, 5.41) is 8.97. The van der Waals surface area contributed by atoms with E-state index in [4.69, 9.17) is 9.84 Å². The van der Waals surface area contributed by atoms with E-state index in [1.54, 1.807) is 18.2 Å². The molecule has 0 bridgehead atoms. The second-order valence-corrected chi connectivity index (χ2v) is 7.09. The van der Waals surface area contributed by atoms with Gasteiger partial charge in [0.25, 0.3) is 0 Å².